The van der Waals surface area contributed by atoms with Gasteiger partial charge >= 0.3 is 115 Å². The van der Waals surface area contributed by atoms with Crippen LogP contribution >= 0.6 is 0 Å². The molecule has 0 saturated heterocycles. The summed E-state index contributed by atoms with van der Waals surface area (Å²) in [5.41, 5.74) is -0.0372. The van der Waals surface area contributed by atoms with E-state index >= 15 is 0 Å². The Kier molecular flexibility index (Phi) is 10.9. The van der Waals surface area contributed by atoms with Crippen LogP contribution in [0.1, 0.15) is 20.7 Å². The third-order valence-corrected chi connectivity index (χ3v) is 1.36. The van der Waals surface area contributed by atoms with Crippen molar-refractivity contribution >= 4 is 115 Å². The van der Waals surface area contributed by atoms with Gasteiger partial charge in [0.05, 0.1) is 11.1 Å². The van der Waals surface area contributed by atoms with E-state index in [9.17, 15) is 9.59 Å². The Balaban J connectivity index is 0. The molecular weight excluding hydrogens is 238 g/mol. The first-order chi connectivity index (χ1) is 5.61. The molecule has 0 aliphatic rings. The molecule has 0 radical (unpaired) electrons. The summed E-state index contributed by atoms with van der Waals surface area (Å²) in [6.07, 6.45) is 0. The van der Waals surface area contributed by atoms with E-state index in [1.807, 2.05) is 0 Å². The van der Waals surface area contributed by atoms with Gasteiger partial charge in [0.1, 0.15) is 0 Å². The quantitative estimate of drug-likeness (QED) is 0.708. The molecule has 0 atom stereocenters. The second-order valence-electron chi connectivity index (χ2n) is 2.19. The summed E-state index contributed by atoms with van der Waals surface area (Å²) in [5.74, 6) is -2.25. The molecule has 0 aromatic heterocycles. The number of hydrogen-bond donors (Lipinski definition) is 2. The third-order valence-electron chi connectivity index (χ3n) is 1.36. The second-order valence-corrected chi connectivity index (χ2v) is 2.19. The standard InChI is InChI=1S/C8H6O4.2K.2H/c9-7(10)5-2-1-3-6(4-5)8(11)12;;;;/h1-4H,(H,9,10)(H,11,12);;;;. The predicted molar refractivity (Wildman–Crippen MR) is 54.7 cm³/mol. The van der Waals surface area contributed by atoms with Crippen molar-refractivity contribution in [3.63, 3.8) is 0 Å². The monoisotopic (exact) mass is 246 g/mol. The van der Waals surface area contributed by atoms with Gasteiger partial charge in [0.2, 0.25) is 0 Å². The number of carboxylic acid groups (broad SMARTS) is 2. The van der Waals surface area contributed by atoms with E-state index in [0.717, 1.165) is 6.07 Å². The summed E-state index contributed by atoms with van der Waals surface area (Å²) in [6, 6.07) is 5.20. The van der Waals surface area contributed by atoms with Crippen LogP contribution in [-0.2, 0) is 0 Å². The van der Waals surface area contributed by atoms with Gasteiger partial charge in [-0.15, -0.1) is 0 Å². The third kappa shape index (κ3) is 5.50. The van der Waals surface area contributed by atoms with Crippen molar-refractivity contribution in [2.45, 2.75) is 0 Å². The van der Waals surface area contributed by atoms with Crippen molar-refractivity contribution in [1.29, 1.82) is 0 Å². The molecule has 0 heterocycles. The van der Waals surface area contributed by atoms with Crippen molar-refractivity contribution in [1.82, 2.24) is 0 Å². The molecule has 0 spiro atoms. The molecule has 0 fully saturated rings. The van der Waals surface area contributed by atoms with Gasteiger partial charge in [0.15, 0.2) is 0 Å². The van der Waals surface area contributed by atoms with Crippen molar-refractivity contribution in [2.75, 3.05) is 0 Å². The van der Waals surface area contributed by atoms with Crippen LogP contribution in [0.3, 0.4) is 0 Å². The topological polar surface area (TPSA) is 74.6 Å². The number of carbonyl (C=O) groups is 2. The Hall–Kier alpha value is 1.43. The summed E-state index contributed by atoms with van der Waals surface area (Å²) in [5, 5.41) is 17.0. The number of benzene rings is 1. The molecule has 66 valence electrons. The summed E-state index contributed by atoms with van der Waals surface area (Å²) in [6.45, 7) is 0. The molecule has 4 nitrogen and oxygen atoms in total. The molecular formula is C8H8K2O4. The molecule has 1 rings (SSSR count). The van der Waals surface area contributed by atoms with E-state index in [1.165, 1.54) is 18.2 Å². The van der Waals surface area contributed by atoms with Crippen LogP contribution in [0.2, 0.25) is 0 Å². The fraction of sp³-hybridized carbons (Fsp3) is 0. The molecule has 1 aromatic rings. The fourth-order valence-electron chi connectivity index (χ4n) is 0.785. The van der Waals surface area contributed by atoms with Crippen LogP contribution in [0.4, 0.5) is 0 Å². The fourth-order valence-corrected chi connectivity index (χ4v) is 0.785. The molecule has 0 saturated carbocycles. The van der Waals surface area contributed by atoms with Crippen LogP contribution in [0, 0.1) is 0 Å². The first-order valence-electron chi connectivity index (χ1n) is 3.18. The molecule has 1 aromatic carbocycles. The van der Waals surface area contributed by atoms with E-state index in [0.29, 0.717) is 0 Å². The van der Waals surface area contributed by atoms with E-state index in [4.69, 9.17) is 10.2 Å². The van der Waals surface area contributed by atoms with Crippen molar-refractivity contribution in [2.24, 2.45) is 0 Å². The van der Waals surface area contributed by atoms with Gasteiger partial charge in [-0.3, -0.25) is 0 Å². The van der Waals surface area contributed by atoms with E-state index in [-0.39, 0.29) is 114 Å². The summed E-state index contributed by atoms with van der Waals surface area (Å²) >= 11 is 0. The van der Waals surface area contributed by atoms with Gasteiger partial charge in [-0.1, -0.05) is 6.07 Å². The number of hydrogen-bond acceptors (Lipinski definition) is 2. The SMILES string of the molecule is O=C(O)c1cccc(C(=O)O)c1.[KH].[KH]. The van der Waals surface area contributed by atoms with Crippen molar-refractivity contribution < 1.29 is 19.8 Å². The normalized spacial score (nSPS) is 8.00. The van der Waals surface area contributed by atoms with Crippen molar-refractivity contribution in [3.8, 4) is 0 Å². The van der Waals surface area contributed by atoms with Gasteiger partial charge in [0, 0.05) is 0 Å². The van der Waals surface area contributed by atoms with Crippen LogP contribution in [-0.4, -0.2) is 125 Å². The predicted octanol–water partition coefficient (Wildman–Crippen LogP) is -0.214. The Labute approximate surface area is 166 Å². The van der Waals surface area contributed by atoms with Crippen LogP contribution in [0.5, 0.6) is 0 Å². The zero-order valence-corrected chi connectivity index (χ0v) is 6.02. The molecule has 2 N–H and O–H groups in total. The maximum atomic E-state index is 10.4. The van der Waals surface area contributed by atoms with Crippen LogP contribution in [0.15, 0.2) is 24.3 Å². The molecule has 14 heavy (non-hydrogen) atoms. The Morgan fingerprint density at radius 2 is 1.29 bits per heavy atom. The molecule has 0 bridgehead atoms. The Morgan fingerprint density at radius 1 is 0.929 bits per heavy atom. The molecule has 0 amide bonds. The average molecular weight is 246 g/mol. The number of rotatable bonds is 2. The molecule has 0 aliphatic heterocycles. The van der Waals surface area contributed by atoms with E-state index in [2.05, 4.69) is 0 Å². The van der Waals surface area contributed by atoms with Crippen molar-refractivity contribution in [3.05, 3.63) is 35.4 Å². The minimum absolute atomic E-state index is 0. The zero-order chi connectivity index (χ0) is 9.14. The minimum atomic E-state index is -1.13. The van der Waals surface area contributed by atoms with E-state index < -0.39 is 11.9 Å². The average Bonchev–Trinajstić information content (AvgIpc) is 2.04. The van der Waals surface area contributed by atoms with Gasteiger partial charge in [-0.25, -0.2) is 9.59 Å². The Morgan fingerprint density at radius 3 is 1.57 bits per heavy atom. The number of carboxylic acids is 2. The summed E-state index contributed by atoms with van der Waals surface area (Å²) < 4.78 is 0. The van der Waals surface area contributed by atoms with Gasteiger partial charge < -0.3 is 10.2 Å². The van der Waals surface area contributed by atoms with Gasteiger partial charge in [0.25, 0.3) is 0 Å². The second kappa shape index (κ2) is 8.57. The summed E-state index contributed by atoms with van der Waals surface area (Å²) in [4.78, 5) is 20.8. The van der Waals surface area contributed by atoms with Gasteiger partial charge in [-0.05, 0) is 18.2 Å². The van der Waals surface area contributed by atoms with Crippen LogP contribution in [0.25, 0.3) is 0 Å². The Bertz CT molecular complexity index is 309. The molecule has 6 heteroatoms. The van der Waals surface area contributed by atoms with E-state index in [1.54, 1.807) is 0 Å². The zero-order valence-electron chi connectivity index (χ0n) is 6.02. The summed E-state index contributed by atoms with van der Waals surface area (Å²) in [7, 11) is 0. The van der Waals surface area contributed by atoms with Gasteiger partial charge in [-0.2, -0.15) is 0 Å². The molecule has 0 unspecified atom stereocenters. The first-order valence-corrected chi connectivity index (χ1v) is 3.18. The maximum absolute atomic E-state index is 10.4. The number of aromatic carboxylic acids is 2. The first kappa shape index (κ1) is 17.8. The van der Waals surface area contributed by atoms with Crippen LogP contribution < -0.4 is 0 Å². The molecule has 0 aliphatic carbocycles.